The van der Waals surface area contributed by atoms with Gasteiger partial charge in [-0.1, -0.05) is 47.5 Å². The van der Waals surface area contributed by atoms with E-state index in [9.17, 15) is 9.18 Å². The molecule has 0 saturated heterocycles. The van der Waals surface area contributed by atoms with E-state index in [1.165, 1.54) is 12.1 Å². The molecule has 1 aliphatic heterocycles. The second-order valence-electron chi connectivity index (χ2n) is 8.51. The molecule has 0 fully saturated rings. The van der Waals surface area contributed by atoms with Crippen LogP contribution in [0.1, 0.15) is 22.4 Å². The maximum atomic E-state index is 14.2. The number of pyridine rings is 1. The van der Waals surface area contributed by atoms with Crippen molar-refractivity contribution in [2.24, 2.45) is 0 Å². The number of halogens is 3. The predicted octanol–water partition coefficient (Wildman–Crippen LogP) is 6.31. The van der Waals surface area contributed by atoms with Gasteiger partial charge in [0.1, 0.15) is 11.0 Å². The molecule has 5 rings (SSSR count). The molecule has 0 unspecified atom stereocenters. The summed E-state index contributed by atoms with van der Waals surface area (Å²) in [5.74, 6) is -0.316. The molecule has 0 spiro atoms. The minimum absolute atomic E-state index is 0.244. The quantitative estimate of drug-likeness (QED) is 0.321. The third-order valence-corrected chi connectivity index (χ3v) is 6.63. The van der Waals surface area contributed by atoms with Crippen LogP contribution >= 0.6 is 23.2 Å². The van der Waals surface area contributed by atoms with Crippen LogP contribution in [0.5, 0.6) is 0 Å². The number of amides is 1. The Bertz CT molecular complexity index is 1410. The highest BCUT2D eigenvalue weighted by molar-refractivity contribution is 6.30. The van der Waals surface area contributed by atoms with Gasteiger partial charge in [-0.2, -0.15) is 0 Å². The summed E-state index contributed by atoms with van der Waals surface area (Å²) in [5, 5.41) is 4.82. The number of carbonyl (C=O) groups is 1. The molecule has 4 aromatic rings. The zero-order valence-electron chi connectivity index (χ0n) is 18.8. The van der Waals surface area contributed by atoms with Crippen molar-refractivity contribution >= 4 is 46.2 Å². The van der Waals surface area contributed by atoms with Gasteiger partial charge in [0, 0.05) is 54.9 Å². The molecule has 0 radical (unpaired) electrons. The standard InChI is InChI=1S/C27H23Cl2FN4O/c28-20-5-3-18(4-6-20)2-1-12-33-13-10-25-23(17-33)22-15-21(30)7-8-24(22)34(25)27(35)32-16-19-9-11-31-26(29)14-19/h1-9,11,14-15H,10,12-13,16-17H2,(H,32,35). The third-order valence-electron chi connectivity index (χ3n) is 6.17. The van der Waals surface area contributed by atoms with Gasteiger partial charge in [-0.25, -0.2) is 14.2 Å². The number of nitrogens with zero attached hydrogens (tertiary/aromatic N) is 3. The van der Waals surface area contributed by atoms with Crippen LogP contribution in [-0.4, -0.2) is 33.6 Å². The topological polar surface area (TPSA) is 50.2 Å². The van der Waals surface area contributed by atoms with Crippen molar-refractivity contribution in [3.8, 4) is 0 Å². The van der Waals surface area contributed by atoms with Crippen molar-refractivity contribution in [2.45, 2.75) is 19.5 Å². The van der Waals surface area contributed by atoms with Gasteiger partial charge < -0.3 is 5.32 Å². The van der Waals surface area contributed by atoms with Crippen LogP contribution in [0, 0.1) is 5.82 Å². The number of rotatable bonds is 5. The molecule has 3 heterocycles. The Hall–Kier alpha value is -3.19. The fourth-order valence-corrected chi connectivity index (χ4v) is 4.82. The van der Waals surface area contributed by atoms with Gasteiger partial charge in [-0.05, 0) is 59.2 Å². The van der Waals surface area contributed by atoms with Gasteiger partial charge in [0.15, 0.2) is 0 Å². The Labute approximate surface area is 212 Å². The van der Waals surface area contributed by atoms with E-state index in [4.69, 9.17) is 23.2 Å². The molecule has 1 amide bonds. The van der Waals surface area contributed by atoms with Crippen LogP contribution in [0.15, 0.2) is 66.9 Å². The summed E-state index contributed by atoms with van der Waals surface area (Å²) in [7, 11) is 0. The van der Waals surface area contributed by atoms with Crippen LogP contribution in [0.25, 0.3) is 17.0 Å². The molecule has 0 bridgehead atoms. The SMILES string of the molecule is O=C(NCc1ccnc(Cl)c1)n1c2c(c3cc(F)ccc31)CN(CC=Cc1ccc(Cl)cc1)CC2. The molecular formula is C27H23Cl2FN4O. The van der Waals surface area contributed by atoms with Crippen molar-refractivity contribution in [1.82, 2.24) is 19.8 Å². The van der Waals surface area contributed by atoms with E-state index in [1.807, 2.05) is 24.3 Å². The summed E-state index contributed by atoms with van der Waals surface area (Å²) in [4.78, 5) is 19.5. The van der Waals surface area contributed by atoms with E-state index >= 15 is 0 Å². The first-order chi connectivity index (χ1) is 17.0. The summed E-state index contributed by atoms with van der Waals surface area (Å²) >= 11 is 11.9. The van der Waals surface area contributed by atoms with Crippen LogP contribution in [-0.2, 0) is 19.5 Å². The lowest BCUT2D eigenvalue weighted by Crippen LogP contribution is -2.34. The zero-order chi connectivity index (χ0) is 24.4. The maximum Gasteiger partial charge on any atom is 0.326 e. The number of hydrogen-bond acceptors (Lipinski definition) is 3. The summed E-state index contributed by atoms with van der Waals surface area (Å²) < 4.78 is 15.9. The van der Waals surface area contributed by atoms with Crippen molar-refractivity contribution in [3.05, 3.63) is 105 Å². The molecule has 8 heteroatoms. The summed E-state index contributed by atoms with van der Waals surface area (Å²) in [5.41, 5.74) is 4.56. The minimum atomic E-state index is -0.316. The third kappa shape index (κ3) is 5.25. The van der Waals surface area contributed by atoms with Gasteiger partial charge in [-0.15, -0.1) is 0 Å². The predicted molar refractivity (Wildman–Crippen MR) is 138 cm³/mol. The zero-order valence-corrected chi connectivity index (χ0v) is 20.4. The lowest BCUT2D eigenvalue weighted by molar-refractivity contribution is 0.240. The number of hydrogen-bond donors (Lipinski definition) is 1. The first-order valence-corrected chi connectivity index (χ1v) is 12.1. The van der Waals surface area contributed by atoms with E-state index in [2.05, 4.69) is 27.4 Å². The molecule has 5 nitrogen and oxygen atoms in total. The highest BCUT2D eigenvalue weighted by Crippen LogP contribution is 2.31. The number of aromatic nitrogens is 2. The number of fused-ring (bicyclic) bond motifs is 3. The van der Waals surface area contributed by atoms with Gasteiger partial charge in [-0.3, -0.25) is 9.47 Å². The van der Waals surface area contributed by atoms with Crippen LogP contribution in [0.2, 0.25) is 10.2 Å². The van der Waals surface area contributed by atoms with E-state index in [1.54, 1.807) is 29.0 Å². The van der Waals surface area contributed by atoms with Crippen LogP contribution in [0.3, 0.4) is 0 Å². The number of carbonyl (C=O) groups excluding carboxylic acids is 1. The minimum Gasteiger partial charge on any atom is -0.333 e. The van der Waals surface area contributed by atoms with Crippen molar-refractivity contribution in [3.63, 3.8) is 0 Å². The molecule has 178 valence electrons. The lowest BCUT2D eigenvalue weighted by atomic mass is 10.0. The maximum absolute atomic E-state index is 14.2. The second-order valence-corrected chi connectivity index (χ2v) is 9.33. The Kier molecular flexibility index (Phi) is 6.86. The first kappa shape index (κ1) is 23.5. The van der Waals surface area contributed by atoms with Gasteiger partial charge in [0.05, 0.1) is 5.52 Å². The van der Waals surface area contributed by atoms with Gasteiger partial charge in [0.2, 0.25) is 0 Å². The fourth-order valence-electron chi connectivity index (χ4n) is 4.50. The van der Waals surface area contributed by atoms with Crippen LogP contribution in [0.4, 0.5) is 9.18 Å². The summed E-state index contributed by atoms with van der Waals surface area (Å²) in [6, 6.07) is 15.6. The van der Waals surface area contributed by atoms with Crippen molar-refractivity contribution in [2.75, 3.05) is 13.1 Å². The monoisotopic (exact) mass is 508 g/mol. The molecule has 2 aromatic heterocycles. The highest BCUT2D eigenvalue weighted by Gasteiger charge is 2.26. The number of benzene rings is 2. The molecule has 2 aromatic carbocycles. The first-order valence-electron chi connectivity index (χ1n) is 11.3. The van der Waals surface area contributed by atoms with Crippen molar-refractivity contribution in [1.29, 1.82) is 0 Å². The lowest BCUT2D eigenvalue weighted by Gasteiger charge is -2.27. The molecule has 0 saturated carbocycles. The van der Waals surface area contributed by atoms with E-state index in [0.29, 0.717) is 35.2 Å². The number of nitrogens with one attached hydrogen (secondary N) is 1. The largest absolute Gasteiger partial charge is 0.333 e. The Balaban J connectivity index is 1.37. The normalized spacial score (nSPS) is 13.9. The van der Waals surface area contributed by atoms with E-state index in [-0.39, 0.29) is 11.8 Å². The Morgan fingerprint density at radius 3 is 2.74 bits per heavy atom. The average molecular weight is 509 g/mol. The smallest absolute Gasteiger partial charge is 0.326 e. The molecule has 1 aliphatic rings. The summed E-state index contributed by atoms with van der Waals surface area (Å²) in [6.07, 6.45) is 6.47. The van der Waals surface area contributed by atoms with Crippen molar-refractivity contribution < 1.29 is 9.18 Å². The van der Waals surface area contributed by atoms with E-state index < -0.39 is 0 Å². The van der Waals surface area contributed by atoms with Crippen LogP contribution < -0.4 is 5.32 Å². The molecular weight excluding hydrogens is 486 g/mol. The highest BCUT2D eigenvalue weighted by atomic mass is 35.5. The van der Waals surface area contributed by atoms with E-state index in [0.717, 1.165) is 40.9 Å². The fraction of sp³-hybridized carbons (Fsp3) is 0.185. The molecule has 35 heavy (non-hydrogen) atoms. The van der Waals surface area contributed by atoms with Gasteiger partial charge in [0.25, 0.3) is 0 Å². The van der Waals surface area contributed by atoms with Gasteiger partial charge >= 0.3 is 6.03 Å². The average Bonchev–Trinajstić information content (AvgIpc) is 3.17. The second kappa shape index (κ2) is 10.2. The Morgan fingerprint density at radius 1 is 1.11 bits per heavy atom. The molecule has 0 aliphatic carbocycles. The Morgan fingerprint density at radius 2 is 1.94 bits per heavy atom. The molecule has 1 N–H and O–H groups in total. The molecule has 0 atom stereocenters. The summed E-state index contributed by atoms with van der Waals surface area (Å²) in [6.45, 7) is 2.50.